The molecule has 0 aliphatic carbocycles. The third-order valence-electron chi connectivity index (χ3n) is 3.30. The average Bonchev–Trinajstić information content (AvgIpc) is 2.68. The van der Waals surface area contributed by atoms with E-state index in [0.717, 1.165) is 18.2 Å². The fourth-order valence-electron chi connectivity index (χ4n) is 1.95. The Balaban J connectivity index is 3.40. The molecule has 12 nitrogen and oxygen atoms in total. The van der Waals surface area contributed by atoms with E-state index < -0.39 is 55.2 Å². The predicted octanol–water partition coefficient (Wildman–Crippen LogP) is -0.598. The molecule has 0 aromatic carbocycles. The summed E-state index contributed by atoms with van der Waals surface area (Å²) in [5.74, 6) is -2.52. The molecule has 1 heterocycles. The highest BCUT2D eigenvalue weighted by molar-refractivity contribution is 5.82. The van der Waals surface area contributed by atoms with E-state index in [0.29, 0.717) is 13.7 Å². The molecule has 0 aliphatic heterocycles. The topological polar surface area (TPSA) is 145 Å². The van der Waals surface area contributed by atoms with Crippen molar-refractivity contribution in [1.29, 1.82) is 0 Å². The zero-order valence-corrected chi connectivity index (χ0v) is 16.6. The number of nitrogens with zero attached hydrogens (tertiary/aromatic N) is 3. The van der Waals surface area contributed by atoms with Crippen LogP contribution in [0.4, 0.5) is 0 Å². The maximum absolute atomic E-state index is 12.5. The van der Waals surface area contributed by atoms with Crippen molar-refractivity contribution in [3.05, 3.63) is 67.9 Å². The Bertz CT molecular complexity index is 891. The molecule has 0 N–H and O–H groups in total. The van der Waals surface area contributed by atoms with Gasteiger partial charge in [0.05, 0.1) is 0 Å². The molecule has 0 bridgehead atoms. The first-order valence-corrected chi connectivity index (χ1v) is 8.59. The van der Waals surface area contributed by atoms with Crippen molar-refractivity contribution in [3.63, 3.8) is 0 Å². The number of esters is 3. The maximum atomic E-state index is 12.5. The van der Waals surface area contributed by atoms with Crippen molar-refractivity contribution in [2.45, 2.75) is 41.0 Å². The fourth-order valence-corrected chi connectivity index (χ4v) is 1.95. The van der Waals surface area contributed by atoms with E-state index in [9.17, 15) is 28.8 Å². The third-order valence-corrected chi connectivity index (χ3v) is 3.30. The standard InChI is InChI=1S/C18H21N3O9/c1-4-7-13(22)28-10-19-16(25)20(11-29-14(23)8-5-2)18(27)21(17(19)26)12-30-15(24)9-6-3/h4-9H,10-12H2,1-3H3. The lowest BCUT2D eigenvalue weighted by Crippen LogP contribution is -2.55. The molecule has 0 radical (unpaired) electrons. The Morgan fingerprint density at radius 2 is 0.833 bits per heavy atom. The van der Waals surface area contributed by atoms with Crippen LogP contribution in [0.15, 0.2) is 50.8 Å². The van der Waals surface area contributed by atoms with Crippen LogP contribution in [0.25, 0.3) is 0 Å². The quantitative estimate of drug-likeness (QED) is 0.289. The van der Waals surface area contributed by atoms with Gasteiger partial charge >= 0.3 is 35.0 Å². The van der Waals surface area contributed by atoms with E-state index in [2.05, 4.69) is 0 Å². The Morgan fingerprint density at radius 1 is 0.600 bits per heavy atom. The molecule has 0 fully saturated rings. The minimum atomic E-state index is -1.19. The van der Waals surface area contributed by atoms with Gasteiger partial charge in [-0.3, -0.25) is 0 Å². The molecule has 0 atom stereocenters. The first-order chi connectivity index (χ1) is 14.3. The summed E-state index contributed by atoms with van der Waals surface area (Å²) >= 11 is 0. The lowest BCUT2D eigenvalue weighted by Gasteiger charge is -2.13. The number of aromatic nitrogens is 3. The number of allylic oxidation sites excluding steroid dienone is 3. The van der Waals surface area contributed by atoms with E-state index in [1.165, 1.54) is 18.2 Å². The maximum Gasteiger partial charge on any atom is 0.341 e. The highest BCUT2D eigenvalue weighted by Gasteiger charge is 2.18. The lowest BCUT2D eigenvalue weighted by atomic mass is 10.5. The van der Waals surface area contributed by atoms with Gasteiger partial charge in [0.1, 0.15) is 0 Å². The van der Waals surface area contributed by atoms with Crippen LogP contribution in [-0.4, -0.2) is 31.6 Å². The van der Waals surface area contributed by atoms with Crippen LogP contribution in [0, 0.1) is 0 Å². The average molecular weight is 423 g/mol. The summed E-state index contributed by atoms with van der Waals surface area (Å²) in [6, 6.07) is 0. The lowest BCUT2D eigenvalue weighted by molar-refractivity contribution is -0.141. The summed E-state index contributed by atoms with van der Waals surface area (Å²) < 4.78 is 15.6. The number of hydrogen-bond donors (Lipinski definition) is 0. The molecule has 0 unspecified atom stereocenters. The highest BCUT2D eigenvalue weighted by Crippen LogP contribution is 1.88. The van der Waals surface area contributed by atoms with Crippen LogP contribution in [-0.2, 0) is 48.8 Å². The van der Waals surface area contributed by atoms with Gasteiger partial charge in [0.2, 0.25) is 0 Å². The minimum absolute atomic E-state index is 0.412. The summed E-state index contributed by atoms with van der Waals surface area (Å²) in [4.78, 5) is 72.0. The van der Waals surface area contributed by atoms with Crippen LogP contribution in [0.2, 0.25) is 0 Å². The Labute approximate surface area is 169 Å². The molecule has 0 aliphatic rings. The number of carbonyl (C=O) groups excluding carboxylic acids is 3. The van der Waals surface area contributed by atoms with Gasteiger partial charge < -0.3 is 14.2 Å². The molecule has 1 aromatic rings. The minimum Gasteiger partial charge on any atom is -0.440 e. The highest BCUT2D eigenvalue weighted by atomic mass is 16.6. The number of ether oxygens (including phenoxy) is 3. The normalized spacial score (nSPS) is 11.3. The van der Waals surface area contributed by atoms with Gasteiger partial charge in [-0.1, -0.05) is 18.2 Å². The summed E-state index contributed by atoms with van der Waals surface area (Å²) in [7, 11) is 0. The van der Waals surface area contributed by atoms with Gasteiger partial charge in [0.15, 0.2) is 20.2 Å². The second kappa shape index (κ2) is 11.8. The van der Waals surface area contributed by atoms with Crippen molar-refractivity contribution >= 4 is 17.9 Å². The number of hydrogen-bond acceptors (Lipinski definition) is 9. The SMILES string of the molecule is CC=CC(=O)OCn1c(=O)n(COC(=O)C=CC)c(=O)n(COC(=O)C=CC)c1=O. The third kappa shape index (κ3) is 6.58. The molecule has 0 saturated carbocycles. The van der Waals surface area contributed by atoms with Crippen molar-refractivity contribution in [3.8, 4) is 0 Å². The van der Waals surface area contributed by atoms with Gasteiger partial charge in [-0.2, -0.15) is 0 Å². The Morgan fingerprint density at radius 3 is 1.03 bits per heavy atom. The van der Waals surface area contributed by atoms with Gasteiger partial charge in [-0.25, -0.2) is 42.5 Å². The molecule has 1 aromatic heterocycles. The molecule has 0 saturated heterocycles. The molecule has 1 rings (SSSR count). The van der Waals surface area contributed by atoms with Crippen LogP contribution in [0.3, 0.4) is 0 Å². The first-order valence-electron chi connectivity index (χ1n) is 8.59. The van der Waals surface area contributed by atoms with E-state index in [4.69, 9.17) is 14.2 Å². The first kappa shape index (κ1) is 24.1. The number of rotatable bonds is 9. The molecular formula is C18H21N3O9. The Kier molecular flexibility index (Phi) is 9.46. The monoisotopic (exact) mass is 423 g/mol. The smallest absolute Gasteiger partial charge is 0.341 e. The fraction of sp³-hybridized carbons (Fsp3) is 0.333. The van der Waals surface area contributed by atoms with Gasteiger partial charge in [0, 0.05) is 18.2 Å². The van der Waals surface area contributed by atoms with E-state index in [1.807, 2.05) is 0 Å². The van der Waals surface area contributed by atoms with Crippen molar-refractivity contribution < 1.29 is 28.6 Å². The summed E-state index contributed by atoms with van der Waals surface area (Å²) in [6.07, 6.45) is 7.30. The van der Waals surface area contributed by atoms with Crippen LogP contribution in [0.1, 0.15) is 20.8 Å². The van der Waals surface area contributed by atoms with Crippen LogP contribution < -0.4 is 17.1 Å². The summed E-state index contributed by atoms with van der Waals surface area (Å²) in [5, 5.41) is 0. The summed E-state index contributed by atoms with van der Waals surface area (Å²) in [5.41, 5.74) is -3.58. The second-order valence-electron chi connectivity index (χ2n) is 5.41. The second-order valence-corrected chi connectivity index (χ2v) is 5.41. The van der Waals surface area contributed by atoms with Crippen molar-refractivity contribution in [2.75, 3.05) is 0 Å². The van der Waals surface area contributed by atoms with Crippen LogP contribution in [0.5, 0.6) is 0 Å². The van der Waals surface area contributed by atoms with Gasteiger partial charge in [-0.05, 0) is 20.8 Å². The van der Waals surface area contributed by atoms with Gasteiger partial charge in [-0.15, -0.1) is 0 Å². The zero-order valence-electron chi connectivity index (χ0n) is 16.6. The van der Waals surface area contributed by atoms with Crippen molar-refractivity contribution in [1.82, 2.24) is 13.7 Å². The molecule has 162 valence electrons. The van der Waals surface area contributed by atoms with E-state index >= 15 is 0 Å². The van der Waals surface area contributed by atoms with Crippen LogP contribution >= 0.6 is 0 Å². The zero-order chi connectivity index (χ0) is 22.7. The molecule has 30 heavy (non-hydrogen) atoms. The molecule has 12 heteroatoms. The van der Waals surface area contributed by atoms with E-state index in [1.54, 1.807) is 20.8 Å². The molecular weight excluding hydrogens is 402 g/mol. The number of carbonyl (C=O) groups is 3. The molecule has 0 spiro atoms. The predicted molar refractivity (Wildman–Crippen MR) is 102 cm³/mol. The largest absolute Gasteiger partial charge is 0.440 e. The van der Waals surface area contributed by atoms with Crippen molar-refractivity contribution in [2.24, 2.45) is 0 Å². The Hall–Kier alpha value is -3.96. The van der Waals surface area contributed by atoms with E-state index in [-0.39, 0.29) is 0 Å². The summed E-state index contributed by atoms with van der Waals surface area (Å²) in [6.45, 7) is 2.18. The van der Waals surface area contributed by atoms with Gasteiger partial charge in [0.25, 0.3) is 0 Å². The molecule has 0 amide bonds.